The molecule has 1 aliphatic heterocycles. The van der Waals surface area contributed by atoms with E-state index < -0.39 is 12.7 Å². The third kappa shape index (κ3) is 3.97. The topological polar surface area (TPSA) is 58.6 Å². The van der Waals surface area contributed by atoms with Gasteiger partial charge in [0, 0.05) is 18.7 Å². The SMILES string of the molecule is O=C(NC1CCN(CC2CC2)C1=O)c1ccc(OC(F)F)cc1. The van der Waals surface area contributed by atoms with Gasteiger partial charge in [0.25, 0.3) is 5.91 Å². The predicted octanol–water partition coefficient (Wildman–Crippen LogP) is 2.03. The van der Waals surface area contributed by atoms with Crippen molar-refractivity contribution in [3.63, 3.8) is 0 Å². The molecule has 3 rings (SSSR count). The Morgan fingerprint density at radius 3 is 2.57 bits per heavy atom. The van der Waals surface area contributed by atoms with Gasteiger partial charge in [-0.15, -0.1) is 0 Å². The van der Waals surface area contributed by atoms with E-state index in [0.29, 0.717) is 24.4 Å². The van der Waals surface area contributed by atoms with Gasteiger partial charge >= 0.3 is 6.61 Å². The minimum Gasteiger partial charge on any atom is -0.435 e. The second kappa shape index (κ2) is 6.52. The molecule has 1 aromatic rings. The van der Waals surface area contributed by atoms with E-state index in [0.717, 1.165) is 6.54 Å². The first-order valence-corrected chi connectivity index (χ1v) is 7.67. The fraction of sp³-hybridized carbons (Fsp3) is 0.500. The molecule has 0 bridgehead atoms. The summed E-state index contributed by atoms with van der Waals surface area (Å²) < 4.78 is 28.4. The van der Waals surface area contributed by atoms with E-state index in [-0.39, 0.29) is 17.6 Å². The molecule has 2 amide bonds. The minimum atomic E-state index is -2.90. The summed E-state index contributed by atoms with van der Waals surface area (Å²) in [5.41, 5.74) is 0.306. The van der Waals surface area contributed by atoms with Crippen molar-refractivity contribution in [1.29, 1.82) is 0 Å². The van der Waals surface area contributed by atoms with E-state index in [1.165, 1.54) is 37.1 Å². The maximum absolute atomic E-state index is 12.2. The zero-order chi connectivity index (χ0) is 16.4. The van der Waals surface area contributed by atoms with E-state index in [2.05, 4.69) is 10.1 Å². The molecule has 5 nitrogen and oxygen atoms in total. The third-order valence-electron chi connectivity index (χ3n) is 4.12. The van der Waals surface area contributed by atoms with Crippen molar-refractivity contribution in [1.82, 2.24) is 10.2 Å². The molecule has 1 saturated heterocycles. The number of amides is 2. The van der Waals surface area contributed by atoms with Crippen LogP contribution in [-0.4, -0.2) is 42.5 Å². The highest BCUT2D eigenvalue weighted by molar-refractivity contribution is 5.98. The van der Waals surface area contributed by atoms with Gasteiger partial charge in [-0.2, -0.15) is 8.78 Å². The molecule has 0 spiro atoms. The summed E-state index contributed by atoms with van der Waals surface area (Å²) >= 11 is 0. The van der Waals surface area contributed by atoms with E-state index in [1.54, 1.807) is 0 Å². The van der Waals surface area contributed by atoms with Gasteiger partial charge in [-0.05, 0) is 49.4 Å². The normalized spacial score (nSPS) is 20.9. The number of alkyl halides is 2. The molecule has 1 atom stereocenters. The van der Waals surface area contributed by atoms with Crippen LogP contribution in [0.2, 0.25) is 0 Å². The van der Waals surface area contributed by atoms with E-state index in [9.17, 15) is 18.4 Å². The molecule has 0 radical (unpaired) electrons. The number of hydrogen-bond donors (Lipinski definition) is 1. The number of rotatable bonds is 6. The summed E-state index contributed by atoms with van der Waals surface area (Å²) in [6.07, 6.45) is 2.95. The lowest BCUT2D eigenvalue weighted by atomic mass is 10.1. The van der Waals surface area contributed by atoms with Gasteiger partial charge in [0.1, 0.15) is 11.8 Å². The molecule has 1 N–H and O–H groups in total. The molecule has 0 aromatic heterocycles. The highest BCUT2D eigenvalue weighted by Gasteiger charge is 2.36. The maximum Gasteiger partial charge on any atom is 0.387 e. The zero-order valence-electron chi connectivity index (χ0n) is 12.5. The number of likely N-dealkylation sites (tertiary alicyclic amines) is 1. The van der Waals surface area contributed by atoms with Crippen LogP contribution in [0, 0.1) is 5.92 Å². The first-order valence-electron chi connectivity index (χ1n) is 7.67. The number of nitrogens with zero attached hydrogens (tertiary/aromatic N) is 1. The van der Waals surface area contributed by atoms with Crippen molar-refractivity contribution in [2.45, 2.75) is 31.9 Å². The lowest BCUT2D eigenvalue weighted by molar-refractivity contribution is -0.129. The molecular formula is C16H18F2N2O3. The van der Waals surface area contributed by atoms with E-state index in [1.807, 2.05) is 4.90 Å². The van der Waals surface area contributed by atoms with Gasteiger partial charge in [0.05, 0.1) is 0 Å². The van der Waals surface area contributed by atoms with E-state index >= 15 is 0 Å². The molecule has 2 fully saturated rings. The van der Waals surface area contributed by atoms with Crippen molar-refractivity contribution in [2.75, 3.05) is 13.1 Å². The molecule has 23 heavy (non-hydrogen) atoms. The second-order valence-corrected chi connectivity index (χ2v) is 5.95. The van der Waals surface area contributed by atoms with Crippen LogP contribution in [0.5, 0.6) is 5.75 Å². The van der Waals surface area contributed by atoms with Crippen molar-refractivity contribution < 1.29 is 23.1 Å². The largest absolute Gasteiger partial charge is 0.435 e. The number of halogens is 2. The maximum atomic E-state index is 12.2. The lowest BCUT2D eigenvalue weighted by Crippen LogP contribution is -2.41. The first-order chi connectivity index (χ1) is 11.0. The number of nitrogens with one attached hydrogen (secondary N) is 1. The van der Waals surface area contributed by atoms with Gasteiger partial charge in [-0.1, -0.05) is 0 Å². The Hall–Kier alpha value is -2.18. The van der Waals surface area contributed by atoms with Crippen molar-refractivity contribution in [2.24, 2.45) is 5.92 Å². The Kier molecular flexibility index (Phi) is 4.45. The number of carbonyl (C=O) groups excluding carboxylic acids is 2. The van der Waals surface area contributed by atoms with Crippen LogP contribution in [0.3, 0.4) is 0 Å². The summed E-state index contributed by atoms with van der Waals surface area (Å²) in [6.45, 7) is -1.45. The summed E-state index contributed by atoms with van der Waals surface area (Å²) in [5, 5.41) is 2.71. The molecule has 2 aliphatic rings. The summed E-state index contributed by atoms with van der Waals surface area (Å²) in [4.78, 5) is 26.2. The average molecular weight is 324 g/mol. The van der Waals surface area contributed by atoms with Crippen LogP contribution in [0.4, 0.5) is 8.78 Å². The van der Waals surface area contributed by atoms with E-state index in [4.69, 9.17) is 0 Å². The Bertz CT molecular complexity index is 587. The second-order valence-electron chi connectivity index (χ2n) is 5.95. The first kappa shape index (κ1) is 15.7. The molecule has 1 saturated carbocycles. The van der Waals surface area contributed by atoms with Crippen LogP contribution in [0.25, 0.3) is 0 Å². The molecule has 1 aliphatic carbocycles. The van der Waals surface area contributed by atoms with Crippen LogP contribution < -0.4 is 10.1 Å². The van der Waals surface area contributed by atoms with Crippen LogP contribution in [-0.2, 0) is 4.79 Å². The molecule has 124 valence electrons. The van der Waals surface area contributed by atoms with Gasteiger partial charge in [0.15, 0.2) is 0 Å². The molecule has 7 heteroatoms. The smallest absolute Gasteiger partial charge is 0.387 e. The summed E-state index contributed by atoms with van der Waals surface area (Å²) in [6, 6.07) is 4.90. The van der Waals surface area contributed by atoms with Crippen LogP contribution >= 0.6 is 0 Å². The zero-order valence-corrected chi connectivity index (χ0v) is 12.5. The fourth-order valence-corrected chi connectivity index (χ4v) is 2.70. The standard InChI is InChI=1S/C16H18F2N2O3/c17-16(18)23-12-5-3-11(4-6-12)14(21)19-13-7-8-20(15(13)22)9-10-1-2-10/h3-6,10,13,16H,1-2,7-9H2,(H,19,21). The average Bonchev–Trinajstić information content (AvgIpc) is 3.27. The van der Waals surface area contributed by atoms with Crippen molar-refractivity contribution in [3.8, 4) is 5.75 Å². The number of benzene rings is 1. The van der Waals surface area contributed by atoms with Crippen LogP contribution in [0.15, 0.2) is 24.3 Å². The molecule has 1 aromatic carbocycles. The Balaban J connectivity index is 1.55. The van der Waals surface area contributed by atoms with Crippen molar-refractivity contribution >= 4 is 11.8 Å². The molecule has 1 unspecified atom stereocenters. The number of hydrogen-bond acceptors (Lipinski definition) is 3. The lowest BCUT2D eigenvalue weighted by Gasteiger charge is -2.16. The highest BCUT2D eigenvalue weighted by Crippen LogP contribution is 2.31. The molecular weight excluding hydrogens is 306 g/mol. The minimum absolute atomic E-state index is 0.0101. The van der Waals surface area contributed by atoms with Gasteiger partial charge in [-0.25, -0.2) is 0 Å². The number of carbonyl (C=O) groups is 2. The van der Waals surface area contributed by atoms with Gasteiger partial charge < -0.3 is 15.0 Å². The van der Waals surface area contributed by atoms with Gasteiger partial charge in [0.2, 0.25) is 5.91 Å². The third-order valence-corrected chi connectivity index (χ3v) is 4.12. The Morgan fingerprint density at radius 1 is 1.26 bits per heavy atom. The summed E-state index contributed by atoms with van der Waals surface area (Å²) in [7, 11) is 0. The fourth-order valence-electron chi connectivity index (χ4n) is 2.70. The van der Waals surface area contributed by atoms with Crippen molar-refractivity contribution in [3.05, 3.63) is 29.8 Å². The Labute approximate surface area is 132 Å². The quantitative estimate of drug-likeness (QED) is 0.871. The molecule has 1 heterocycles. The summed E-state index contributed by atoms with van der Waals surface area (Å²) in [5.74, 6) is 0.183. The van der Waals surface area contributed by atoms with Crippen LogP contribution in [0.1, 0.15) is 29.6 Å². The Morgan fingerprint density at radius 2 is 1.96 bits per heavy atom. The highest BCUT2D eigenvalue weighted by atomic mass is 19.3. The monoisotopic (exact) mass is 324 g/mol. The number of ether oxygens (including phenoxy) is 1. The predicted molar refractivity (Wildman–Crippen MR) is 78.2 cm³/mol. The van der Waals surface area contributed by atoms with Gasteiger partial charge in [-0.3, -0.25) is 9.59 Å².